The van der Waals surface area contributed by atoms with Gasteiger partial charge in [-0.25, -0.2) is 0 Å². The van der Waals surface area contributed by atoms with Crippen molar-refractivity contribution in [2.75, 3.05) is 0 Å². The summed E-state index contributed by atoms with van der Waals surface area (Å²) in [6, 6.07) is 12.4. The van der Waals surface area contributed by atoms with E-state index < -0.39 is 0 Å². The zero-order chi connectivity index (χ0) is 20.1. The number of halogens is 1. The molecule has 0 saturated heterocycles. The van der Waals surface area contributed by atoms with E-state index in [-0.39, 0.29) is 22.9 Å². The van der Waals surface area contributed by atoms with Gasteiger partial charge in [-0.2, -0.15) is 0 Å². The van der Waals surface area contributed by atoms with E-state index in [2.05, 4.69) is 15.6 Å². The van der Waals surface area contributed by atoms with Crippen molar-refractivity contribution in [1.29, 1.82) is 0 Å². The number of aromatic nitrogens is 1. The standard InChI is InChI=1S/C23H24ClN3O2/c24-18-5-3-4-17(9-18)20(28)26-22-10-15-8-16(11-22)13-23(12-15,14-22)27-21(29)19-6-1-2-7-25-19/h1-7,9,15-16H,8,10-14H2,(H,26,28)(H,27,29)/t15?,16?,22-,23+. The second-order valence-electron chi connectivity index (χ2n) is 9.16. The van der Waals surface area contributed by atoms with Crippen LogP contribution in [0.5, 0.6) is 0 Å². The predicted octanol–water partition coefficient (Wildman–Crippen LogP) is 3.99. The molecule has 2 amide bonds. The van der Waals surface area contributed by atoms with Gasteiger partial charge in [0.05, 0.1) is 0 Å². The number of hydrogen-bond acceptors (Lipinski definition) is 3. The van der Waals surface area contributed by atoms with Crippen molar-refractivity contribution >= 4 is 23.4 Å². The van der Waals surface area contributed by atoms with Crippen molar-refractivity contribution in [3.8, 4) is 0 Å². The number of amides is 2. The van der Waals surface area contributed by atoms with E-state index in [0.29, 0.717) is 28.1 Å². The van der Waals surface area contributed by atoms with Gasteiger partial charge in [-0.1, -0.05) is 23.7 Å². The fourth-order valence-corrected chi connectivity index (χ4v) is 6.49. The smallest absolute Gasteiger partial charge is 0.270 e. The van der Waals surface area contributed by atoms with Crippen LogP contribution in [0, 0.1) is 11.8 Å². The maximum Gasteiger partial charge on any atom is 0.270 e. The summed E-state index contributed by atoms with van der Waals surface area (Å²) in [6.07, 6.45) is 7.54. The molecule has 4 saturated carbocycles. The fourth-order valence-electron chi connectivity index (χ4n) is 6.30. The van der Waals surface area contributed by atoms with Gasteiger partial charge in [0.25, 0.3) is 11.8 Å². The van der Waals surface area contributed by atoms with Crippen LogP contribution in [0.2, 0.25) is 5.02 Å². The third-order valence-electron chi connectivity index (χ3n) is 6.80. The van der Waals surface area contributed by atoms with E-state index in [1.165, 1.54) is 6.42 Å². The van der Waals surface area contributed by atoms with Gasteiger partial charge < -0.3 is 10.6 Å². The maximum absolute atomic E-state index is 13.0. The Balaban J connectivity index is 1.38. The molecule has 6 rings (SSSR count). The van der Waals surface area contributed by atoms with Crippen LogP contribution < -0.4 is 10.6 Å². The van der Waals surface area contributed by atoms with Crippen molar-refractivity contribution in [3.63, 3.8) is 0 Å². The number of nitrogens with zero attached hydrogens (tertiary/aromatic N) is 1. The average Bonchev–Trinajstić information content (AvgIpc) is 2.67. The van der Waals surface area contributed by atoms with E-state index in [9.17, 15) is 9.59 Å². The predicted molar refractivity (Wildman–Crippen MR) is 111 cm³/mol. The van der Waals surface area contributed by atoms with Gasteiger partial charge in [0.1, 0.15) is 5.69 Å². The Kier molecular flexibility index (Phi) is 4.39. The van der Waals surface area contributed by atoms with Crippen LogP contribution in [0.1, 0.15) is 59.4 Å². The summed E-state index contributed by atoms with van der Waals surface area (Å²) in [5.74, 6) is 0.851. The average molecular weight is 410 g/mol. The molecule has 4 bridgehead atoms. The first kappa shape index (κ1) is 18.6. The minimum absolute atomic E-state index is 0.0827. The first-order valence-electron chi connectivity index (χ1n) is 10.3. The van der Waals surface area contributed by atoms with Crippen molar-refractivity contribution in [2.24, 2.45) is 11.8 Å². The summed E-state index contributed by atoms with van der Waals surface area (Å²) >= 11 is 6.07. The van der Waals surface area contributed by atoms with Crippen molar-refractivity contribution in [3.05, 3.63) is 64.9 Å². The van der Waals surface area contributed by atoms with Crippen LogP contribution in [-0.2, 0) is 0 Å². The first-order valence-corrected chi connectivity index (χ1v) is 10.6. The lowest BCUT2D eigenvalue weighted by Gasteiger charge is -2.62. The summed E-state index contributed by atoms with van der Waals surface area (Å²) in [5, 5.41) is 7.21. The highest BCUT2D eigenvalue weighted by Gasteiger charge is 2.58. The van der Waals surface area contributed by atoms with Crippen molar-refractivity contribution in [1.82, 2.24) is 15.6 Å². The summed E-state index contributed by atoms with van der Waals surface area (Å²) < 4.78 is 0. The van der Waals surface area contributed by atoms with Crippen LogP contribution in [0.15, 0.2) is 48.7 Å². The molecule has 1 aromatic carbocycles. The zero-order valence-corrected chi connectivity index (χ0v) is 16.9. The minimum atomic E-state index is -0.264. The third kappa shape index (κ3) is 3.52. The number of carbonyl (C=O) groups is 2. The third-order valence-corrected chi connectivity index (χ3v) is 7.04. The Morgan fingerprint density at radius 1 is 0.931 bits per heavy atom. The van der Waals surface area contributed by atoms with Crippen LogP contribution in [0.4, 0.5) is 0 Å². The SMILES string of the molecule is O=C(N[C@]12CC3CC(C1)C[C@@](NC(=O)c1ccccn1)(C3)C2)c1cccc(Cl)c1. The van der Waals surface area contributed by atoms with Gasteiger partial charge in [0.15, 0.2) is 0 Å². The van der Waals surface area contributed by atoms with E-state index in [0.717, 1.165) is 32.1 Å². The van der Waals surface area contributed by atoms with Gasteiger partial charge in [0, 0.05) is 27.9 Å². The zero-order valence-electron chi connectivity index (χ0n) is 16.2. The Morgan fingerprint density at radius 2 is 1.62 bits per heavy atom. The lowest BCUT2D eigenvalue weighted by molar-refractivity contribution is -0.0448. The van der Waals surface area contributed by atoms with Gasteiger partial charge in [0.2, 0.25) is 0 Å². The summed E-state index contributed by atoms with van der Waals surface area (Å²) in [7, 11) is 0. The fraction of sp³-hybridized carbons (Fsp3) is 0.435. The molecule has 1 aromatic heterocycles. The van der Waals surface area contributed by atoms with Crippen LogP contribution in [0.3, 0.4) is 0 Å². The number of carbonyl (C=O) groups excluding carboxylic acids is 2. The Labute approximate surface area is 175 Å². The van der Waals surface area contributed by atoms with Crippen LogP contribution >= 0.6 is 11.6 Å². The minimum Gasteiger partial charge on any atom is -0.346 e. The molecule has 0 aliphatic heterocycles. The molecule has 2 atom stereocenters. The van der Waals surface area contributed by atoms with E-state index in [1.807, 2.05) is 12.1 Å². The largest absolute Gasteiger partial charge is 0.346 e. The second-order valence-corrected chi connectivity index (χ2v) is 9.59. The highest BCUT2D eigenvalue weighted by molar-refractivity contribution is 6.30. The molecule has 4 aliphatic rings. The normalized spacial score (nSPS) is 32.0. The molecule has 150 valence electrons. The molecular weight excluding hydrogens is 386 g/mol. The molecule has 0 spiro atoms. The first-order chi connectivity index (χ1) is 13.9. The number of pyridine rings is 1. The van der Waals surface area contributed by atoms with Crippen molar-refractivity contribution in [2.45, 2.75) is 49.6 Å². The number of hydrogen-bond donors (Lipinski definition) is 2. The monoisotopic (exact) mass is 409 g/mol. The van der Waals surface area contributed by atoms with Crippen molar-refractivity contribution < 1.29 is 9.59 Å². The van der Waals surface area contributed by atoms with Crippen LogP contribution in [0.25, 0.3) is 0 Å². The van der Waals surface area contributed by atoms with Gasteiger partial charge in [-0.3, -0.25) is 14.6 Å². The number of rotatable bonds is 4. The molecule has 4 aliphatic carbocycles. The topological polar surface area (TPSA) is 71.1 Å². The molecule has 2 N–H and O–H groups in total. The summed E-state index contributed by atoms with van der Waals surface area (Å²) in [4.78, 5) is 30.0. The van der Waals surface area contributed by atoms with Crippen LogP contribution in [-0.4, -0.2) is 27.9 Å². The van der Waals surface area contributed by atoms with E-state index in [1.54, 1.807) is 36.5 Å². The number of benzene rings is 1. The summed E-state index contributed by atoms with van der Waals surface area (Å²) in [5.41, 5.74) is 0.501. The second kappa shape index (κ2) is 6.84. The molecule has 0 radical (unpaired) electrons. The molecule has 2 aromatic rings. The van der Waals surface area contributed by atoms with Gasteiger partial charge in [-0.15, -0.1) is 0 Å². The maximum atomic E-state index is 13.0. The van der Waals surface area contributed by atoms with E-state index >= 15 is 0 Å². The highest BCUT2D eigenvalue weighted by atomic mass is 35.5. The number of nitrogens with one attached hydrogen (secondary N) is 2. The molecule has 6 heteroatoms. The highest BCUT2D eigenvalue weighted by Crippen LogP contribution is 2.57. The van der Waals surface area contributed by atoms with E-state index in [4.69, 9.17) is 11.6 Å². The molecule has 2 unspecified atom stereocenters. The quantitative estimate of drug-likeness (QED) is 0.802. The van der Waals surface area contributed by atoms with Gasteiger partial charge in [-0.05, 0) is 80.7 Å². The Hall–Kier alpha value is -2.40. The lowest BCUT2D eigenvalue weighted by atomic mass is 9.49. The molecule has 4 fully saturated rings. The Morgan fingerprint density at radius 3 is 2.24 bits per heavy atom. The van der Waals surface area contributed by atoms with Gasteiger partial charge >= 0.3 is 0 Å². The summed E-state index contributed by atoms with van der Waals surface area (Å²) in [6.45, 7) is 0. The molecule has 29 heavy (non-hydrogen) atoms. The Bertz CT molecular complexity index is 948. The molecule has 5 nitrogen and oxygen atoms in total. The molecular formula is C23H24ClN3O2. The lowest BCUT2D eigenvalue weighted by Crippen LogP contribution is -2.69. The molecule has 1 heterocycles.